The second-order valence-electron chi connectivity index (χ2n) is 7.18. The van der Waals surface area contributed by atoms with Crippen LogP contribution in [-0.2, 0) is 11.2 Å². The Balaban J connectivity index is 1.56. The molecule has 26 heavy (non-hydrogen) atoms. The smallest absolute Gasteiger partial charge is 0.244 e. The average Bonchev–Trinajstić information content (AvgIpc) is 2.95. The molecular weight excluding hydrogens is 322 g/mol. The number of amides is 1. The zero-order valence-corrected chi connectivity index (χ0v) is 15.9. The first-order valence-corrected chi connectivity index (χ1v) is 9.69. The van der Waals surface area contributed by atoms with E-state index >= 15 is 0 Å². The van der Waals surface area contributed by atoms with Gasteiger partial charge in [-0.05, 0) is 56.5 Å². The zero-order chi connectivity index (χ0) is 18.4. The minimum Gasteiger partial charge on any atom is -0.352 e. The van der Waals surface area contributed by atoms with Crippen LogP contribution in [0.15, 0.2) is 36.5 Å². The summed E-state index contributed by atoms with van der Waals surface area (Å²) in [4.78, 5) is 16.4. The summed E-state index contributed by atoms with van der Waals surface area (Å²) in [5, 5.41) is 2.93. The summed E-state index contributed by atoms with van der Waals surface area (Å²) < 4.78 is 2.47. The van der Waals surface area contributed by atoms with E-state index in [0.29, 0.717) is 12.6 Å². The lowest BCUT2D eigenvalue weighted by molar-refractivity contribution is -0.116. The SMILES string of the molecule is Cc1cc(/C=C/C(=O)NCCc2ccccn2)c(C)n1C1CCCCC1. The molecule has 3 rings (SSSR count). The first-order chi connectivity index (χ1) is 12.6. The Morgan fingerprint density at radius 1 is 1.27 bits per heavy atom. The fourth-order valence-electron chi connectivity index (χ4n) is 3.96. The van der Waals surface area contributed by atoms with E-state index in [1.165, 1.54) is 43.5 Å². The summed E-state index contributed by atoms with van der Waals surface area (Å²) in [6.45, 7) is 4.94. The lowest BCUT2D eigenvalue weighted by Gasteiger charge is -2.26. The van der Waals surface area contributed by atoms with E-state index in [1.807, 2.05) is 24.3 Å². The Hall–Kier alpha value is -2.36. The molecule has 0 aromatic carbocycles. The monoisotopic (exact) mass is 351 g/mol. The van der Waals surface area contributed by atoms with Gasteiger partial charge in [-0.2, -0.15) is 0 Å². The Morgan fingerprint density at radius 2 is 2.08 bits per heavy atom. The topological polar surface area (TPSA) is 46.9 Å². The van der Waals surface area contributed by atoms with Gasteiger partial charge in [-0.25, -0.2) is 0 Å². The molecule has 1 amide bonds. The van der Waals surface area contributed by atoms with Gasteiger partial charge in [0.1, 0.15) is 0 Å². The minimum absolute atomic E-state index is 0.0524. The lowest BCUT2D eigenvalue weighted by atomic mass is 9.95. The number of nitrogens with one attached hydrogen (secondary N) is 1. The molecule has 0 saturated heterocycles. The molecule has 1 aliphatic carbocycles. The first kappa shape index (κ1) is 18.4. The van der Waals surface area contributed by atoms with E-state index in [4.69, 9.17) is 0 Å². The number of aryl methyl sites for hydroxylation is 1. The van der Waals surface area contributed by atoms with Gasteiger partial charge in [0.15, 0.2) is 0 Å². The molecule has 2 aromatic rings. The summed E-state index contributed by atoms with van der Waals surface area (Å²) in [5.74, 6) is -0.0524. The number of carbonyl (C=O) groups is 1. The van der Waals surface area contributed by atoms with Crippen molar-refractivity contribution in [2.75, 3.05) is 6.54 Å². The molecule has 2 heterocycles. The van der Waals surface area contributed by atoms with Gasteiger partial charge in [0.05, 0.1) is 0 Å². The molecule has 1 N–H and O–H groups in total. The predicted octanol–water partition coefficient (Wildman–Crippen LogP) is 4.38. The molecular formula is C22H29N3O. The fraction of sp³-hybridized carbons (Fsp3) is 0.455. The van der Waals surface area contributed by atoms with Gasteiger partial charge in [-0.1, -0.05) is 25.3 Å². The van der Waals surface area contributed by atoms with E-state index in [9.17, 15) is 4.79 Å². The van der Waals surface area contributed by atoms with Crippen molar-refractivity contribution in [3.05, 3.63) is 59.2 Å². The minimum atomic E-state index is -0.0524. The molecule has 1 saturated carbocycles. The number of nitrogens with zero attached hydrogens (tertiary/aromatic N) is 2. The van der Waals surface area contributed by atoms with Crippen molar-refractivity contribution in [3.63, 3.8) is 0 Å². The van der Waals surface area contributed by atoms with Crippen LogP contribution in [0.5, 0.6) is 0 Å². The number of hydrogen-bond acceptors (Lipinski definition) is 2. The van der Waals surface area contributed by atoms with Gasteiger partial charge in [-0.3, -0.25) is 9.78 Å². The van der Waals surface area contributed by atoms with E-state index < -0.39 is 0 Å². The van der Waals surface area contributed by atoms with Gasteiger partial charge >= 0.3 is 0 Å². The van der Waals surface area contributed by atoms with Gasteiger partial charge < -0.3 is 9.88 Å². The highest BCUT2D eigenvalue weighted by atomic mass is 16.1. The van der Waals surface area contributed by atoms with Crippen molar-refractivity contribution in [3.8, 4) is 0 Å². The van der Waals surface area contributed by atoms with E-state index in [1.54, 1.807) is 12.3 Å². The van der Waals surface area contributed by atoms with Crippen LogP contribution in [0.4, 0.5) is 0 Å². The van der Waals surface area contributed by atoms with Crippen molar-refractivity contribution in [1.29, 1.82) is 0 Å². The maximum Gasteiger partial charge on any atom is 0.244 e. The molecule has 0 bridgehead atoms. The van der Waals surface area contributed by atoms with Crippen LogP contribution in [0.25, 0.3) is 6.08 Å². The molecule has 4 heteroatoms. The van der Waals surface area contributed by atoms with Crippen LogP contribution in [0.1, 0.15) is 60.8 Å². The van der Waals surface area contributed by atoms with Crippen LogP contribution >= 0.6 is 0 Å². The summed E-state index contributed by atoms with van der Waals surface area (Å²) in [6, 6.07) is 8.66. The molecule has 1 fully saturated rings. The quantitative estimate of drug-likeness (QED) is 0.785. The maximum absolute atomic E-state index is 12.1. The molecule has 0 aliphatic heterocycles. The van der Waals surface area contributed by atoms with Gasteiger partial charge in [0.2, 0.25) is 5.91 Å². The summed E-state index contributed by atoms with van der Waals surface area (Å²) >= 11 is 0. The van der Waals surface area contributed by atoms with Crippen molar-refractivity contribution in [2.24, 2.45) is 0 Å². The van der Waals surface area contributed by atoms with Crippen LogP contribution in [-0.4, -0.2) is 22.0 Å². The Kier molecular flexibility index (Phi) is 6.26. The number of pyridine rings is 1. The zero-order valence-electron chi connectivity index (χ0n) is 15.9. The Labute approximate surface area is 156 Å². The highest BCUT2D eigenvalue weighted by Gasteiger charge is 2.19. The first-order valence-electron chi connectivity index (χ1n) is 9.69. The van der Waals surface area contributed by atoms with Crippen molar-refractivity contribution >= 4 is 12.0 Å². The molecule has 2 aromatic heterocycles. The second-order valence-corrected chi connectivity index (χ2v) is 7.18. The largest absolute Gasteiger partial charge is 0.352 e. The fourth-order valence-corrected chi connectivity index (χ4v) is 3.96. The lowest BCUT2D eigenvalue weighted by Crippen LogP contribution is -2.23. The molecule has 138 valence electrons. The molecule has 0 spiro atoms. The van der Waals surface area contributed by atoms with Gasteiger partial charge in [0, 0.05) is 48.4 Å². The predicted molar refractivity (Wildman–Crippen MR) is 106 cm³/mol. The summed E-state index contributed by atoms with van der Waals surface area (Å²) in [5.41, 5.74) is 4.71. The molecule has 0 radical (unpaired) electrons. The maximum atomic E-state index is 12.1. The van der Waals surface area contributed by atoms with E-state index in [2.05, 4.69) is 34.8 Å². The van der Waals surface area contributed by atoms with Crippen molar-refractivity contribution in [2.45, 2.75) is 58.4 Å². The highest BCUT2D eigenvalue weighted by Crippen LogP contribution is 2.32. The average molecular weight is 351 g/mol. The van der Waals surface area contributed by atoms with Crippen LogP contribution in [0.2, 0.25) is 0 Å². The number of rotatable bonds is 6. The Morgan fingerprint density at radius 3 is 2.81 bits per heavy atom. The van der Waals surface area contributed by atoms with Gasteiger partial charge in [-0.15, -0.1) is 0 Å². The molecule has 0 unspecified atom stereocenters. The number of carbonyl (C=O) groups excluding carboxylic acids is 1. The number of hydrogen-bond donors (Lipinski definition) is 1. The summed E-state index contributed by atoms with van der Waals surface area (Å²) in [7, 11) is 0. The molecule has 1 aliphatic rings. The third-order valence-electron chi connectivity index (χ3n) is 5.28. The van der Waals surface area contributed by atoms with Crippen molar-refractivity contribution < 1.29 is 4.79 Å². The van der Waals surface area contributed by atoms with Crippen LogP contribution in [0.3, 0.4) is 0 Å². The molecule has 0 atom stereocenters. The molecule has 4 nitrogen and oxygen atoms in total. The van der Waals surface area contributed by atoms with Crippen LogP contribution in [0, 0.1) is 13.8 Å². The summed E-state index contributed by atoms with van der Waals surface area (Å²) in [6.07, 6.45) is 12.7. The van der Waals surface area contributed by atoms with Gasteiger partial charge in [0.25, 0.3) is 0 Å². The van der Waals surface area contributed by atoms with E-state index in [0.717, 1.165) is 17.7 Å². The third-order valence-corrected chi connectivity index (χ3v) is 5.28. The Bertz CT molecular complexity index is 755. The standard InChI is InChI=1S/C22H29N3O/c1-17-16-19(18(2)25(17)21-9-4-3-5-10-21)11-12-22(26)24-15-13-20-8-6-7-14-23-20/h6-8,11-12,14,16,21H,3-5,9-10,13,15H2,1-2H3,(H,24,26)/b12-11+. The third kappa shape index (κ3) is 4.63. The normalized spacial score (nSPS) is 15.5. The second kappa shape index (κ2) is 8.84. The van der Waals surface area contributed by atoms with Crippen molar-refractivity contribution in [1.82, 2.24) is 14.9 Å². The van der Waals surface area contributed by atoms with E-state index in [-0.39, 0.29) is 5.91 Å². The van der Waals surface area contributed by atoms with Crippen LogP contribution < -0.4 is 5.32 Å². The highest BCUT2D eigenvalue weighted by molar-refractivity contribution is 5.91. The number of aromatic nitrogens is 2.